The molecule has 0 saturated carbocycles. The fraction of sp³-hybridized carbons (Fsp3) is 0.500. The van der Waals surface area contributed by atoms with Gasteiger partial charge in [0.15, 0.2) is 0 Å². The maximum Gasteiger partial charge on any atom is 0.573 e. The highest BCUT2D eigenvalue weighted by molar-refractivity contribution is 5.98. The highest BCUT2D eigenvalue weighted by Crippen LogP contribution is 2.33. The Morgan fingerprint density at radius 2 is 1.79 bits per heavy atom. The molecule has 0 aromatic heterocycles. The Kier molecular flexibility index (Phi) is 10.3. The zero-order chi connectivity index (χ0) is 31.2. The summed E-state index contributed by atoms with van der Waals surface area (Å²) in [7, 11) is 0. The zero-order valence-corrected chi connectivity index (χ0v) is 24.4. The molecule has 1 aliphatic heterocycles. The van der Waals surface area contributed by atoms with E-state index in [1.54, 1.807) is 51.1 Å². The molecule has 0 saturated heterocycles. The molecule has 1 aliphatic rings. The second-order valence-electron chi connectivity index (χ2n) is 11.5. The minimum atomic E-state index is -4.81. The van der Waals surface area contributed by atoms with Gasteiger partial charge in [-0.05, 0) is 80.5 Å². The summed E-state index contributed by atoms with van der Waals surface area (Å²) in [6, 6.07) is 9.77. The Morgan fingerprint density at radius 1 is 1.07 bits per heavy atom. The number of hydrogen-bond acceptors (Lipinski definition) is 6. The number of carboxylic acids is 1. The third-order valence-electron chi connectivity index (χ3n) is 6.21. The monoisotopic (exact) mass is 594 g/mol. The fourth-order valence-corrected chi connectivity index (χ4v) is 4.45. The van der Waals surface area contributed by atoms with E-state index in [2.05, 4.69) is 4.74 Å². The number of nitrogens with zero attached hydrogens (tertiary/aromatic N) is 2. The number of anilines is 1. The summed E-state index contributed by atoms with van der Waals surface area (Å²) < 4.78 is 54.4. The standard InChI is InChI=1S/C30H37F3N2O7/c1-19(2)14-22-7-6-20(15-25(22)41-30(31,32)33)18-40-23-8-9-24-21(16-23)10-13-35(24)26(36)17-34(12-11-27(37)38)28(39)42-29(3,4)5/h6-9,15-16,19H,10-14,17-18H2,1-5H3,(H,37,38). The van der Waals surface area contributed by atoms with Gasteiger partial charge in [0, 0.05) is 18.8 Å². The van der Waals surface area contributed by atoms with E-state index in [9.17, 15) is 27.6 Å². The summed E-state index contributed by atoms with van der Waals surface area (Å²) >= 11 is 0. The molecular formula is C30H37F3N2O7. The number of benzene rings is 2. The lowest BCUT2D eigenvalue weighted by atomic mass is 10.0. The topological polar surface area (TPSA) is 106 Å². The number of carbonyl (C=O) groups is 3. The van der Waals surface area contributed by atoms with E-state index in [1.807, 2.05) is 13.8 Å². The number of carbonyl (C=O) groups excluding carboxylic acids is 2. The number of alkyl halides is 3. The van der Waals surface area contributed by atoms with Crippen LogP contribution < -0.4 is 14.4 Å². The predicted molar refractivity (Wildman–Crippen MR) is 149 cm³/mol. The maximum atomic E-state index is 13.2. The number of rotatable bonds is 11. The summed E-state index contributed by atoms with van der Waals surface area (Å²) in [6.45, 7) is 8.68. The third kappa shape index (κ3) is 9.85. The van der Waals surface area contributed by atoms with Gasteiger partial charge in [-0.3, -0.25) is 14.5 Å². The highest BCUT2D eigenvalue weighted by Gasteiger charge is 2.33. The molecule has 3 rings (SSSR count). The van der Waals surface area contributed by atoms with Gasteiger partial charge in [-0.1, -0.05) is 26.0 Å². The number of hydrogen-bond donors (Lipinski definition) is 1. The second-order valence-corrected chi connectivity index (χ2v) is 11.5. The molecule has 2 amide bonds. The van der Waals surface area contributed by atoms with Crippen molar-refractivity contribution in [3.8, 4) is 11.5 Å². The summed E-state index contributed by atoms with van der Waals surface area (Å²) in [5.41, 5.74) is 1.60. The normalized spacial score (nSPS) is 13.1. The predicted octanol–water partition coefficient (Wildman–Crippen LogP) is 5.96. The van der Waals surface area contributed by atoms with Gasteiger partial charge in [0.05, 0.1) is 6.42 Å². The first-order valence-electron chi connectivity index (χ1n) is 13.6. The molecular weight excluding hydrogens is 557 g/mol. The molecule has 0 bridgehead atoms. The van der Waals surface area contributed by atoms with Crippen LogP contribution in [0.3, 0.4) is 0 Å². The highest BCUT2D eigenvalue weighted by atomic mass is 19.4. The molecule has 0 radical (unpaired) electrons. The Labute approximate surface area is 243 Å². The van der Waals surface area contributed by atoms with Crippen molar-refractivity contribution < 1.29 is 46.9 Å². The van der Waals surface area contributed by atoms with Gasteiger partial charge in [0.2, 0.25) is 5.91 Å². The molecule has 230 valence electrons. The first-order valence-corrected chi connectivity index (χ1v) is 13.6. The van der Waals surface area contributed by atoms with E-state index in [0.717, 1.165) is 10.5 Å². The van der Waals surface area contributed by atoms with E-state index >= 15 is 0 Å². The maximum absolute atomic E-state index is 13.2. The van der Waals surface area contributed by atoms with Gasteiger partial charge < -0.3 is 24.2 Å². The van der Waals surface area contributed by atoms with Crippen molar-refractivity contribution in [3.63, 3.8) is 0 Å². The fourth-order valence-electron chi connectivity index (χ4n) is 4.45. The number of halogens is 3. The number of carboxylic acid groups (broad SMARTS) is 1. The van der Waals surface area contributed by atoms with Gasteiger partial charge in [0.25, 0.3) is 0 Å². The average Bonchev–Trinajstić information content (AvgIpc) is 3.27. The van der Waals surface area contributed by atoms with Crippen molar-refractivity contribution in [1.29, 1.82) is 0 Å². The largest absolute Gasteiger partial charge is 0.573 e. The molecule has 2 aromatic rings. The quantitative estimate of drug-likeness (QED) is 0.342. The van der Waals surface area contributed by atoms with E-state index in [-0.39, 0.29) is 37.8 Å². The second kappa shape index (κ2) is 13.3. The third-order valence-corrected chi connectivity index (χ3v) is 6.21. The molecule has 0 atom stereocenters. The molecule has 2 aromatic carbocycles. The smallest absolute Gasteiger partial charge is 0.489 e. The van der Waals surface area contributed by atoms with Crippen molar-refractivity contribution in [2.24, 2.45) is 5.92 Å². The Bertz CT molecular complexity index is 1290. The lowest BCUT2D eigenvalue weighted by Crippen LogP contribution is -2.45. The van der Waals surface area contributed by atoms with E-state index in [0.29, 0.717) is 42.0 Å². The van der Waals surface area contributed by atoms with Crippen LogP contribution in [0.2, 0.25) is 0 Å². The number of amides is 2. The Hall–Kier alpha value is -3.96. The molecule has 1 heterocycles. The lowest BCUT2D eigenvalue weighted by Gasteiger charge is -2.28. The summed E-state index contributed by atoms with van der Waals surface area (Å²) in [5.74, 6) is -1.12. The van der Waals surface area contributed by atoms with Crippen molar-refractivity contribution in [2.45, 2.75) is 72.5 Å². The number of ether oxygens (including phenoxy) is 3. The van der Waals surface area contributed by atoms with Crippen LogP contribution in [0.1, 0.15) is 57.7 Å². The lowest BCUT2D eigenvalue weighted by molar-refractivity contribution is -0.275. The van der Waals surface area contributed by atoms with Crippen LogP contribution in [-0.4, -0.2) is 59.6 Å². The molecule has 0 aliphatic carbocycles. The van der Waals surface area contributed by atoms with Gasteiger partial charge in [-0.2, -0.15) is 0 Å². The summed E-state index contributed by atoms with van der Waals surface area (Å²) in [5, 5.41) is 9.06. The van der Waals surface area contributed by atoms with Crippen molar-refractivity contribution in [1.82, 2.24) is 4.90 Å². The van der Waals surface area contributed by atoms with Crippen LogP contribution in [0.5, 0.6) is 11.5 Å². The number of fused-ring (bicyclic) bond motifs is 1. The Balaban J connectivity index is 1.69. The van der Waals surface area contributed by atoms with Crippen LogP contribution in [-0.2, 0) is 33.8 Å². The van der Waals surface area contributed by atoms with Gasteiger partial charge in [-0.25, -0.2) is 4.79 Å². The van der Waals surface area contributed by atoms with Gasteiger partial charge in [-0.15, -0.1) is 13.2 Å². The Morgan fingerprint density at radius 3 is 2.40 bits per heavy atom. The minimum absolute atomic E-state index is 0.00599. The van der Waals surface area contributed by atoms with Crippen molar-refractivity contribution in [3.05, 3.63) is 53.1 Å². The van der Waals surface area contributed by atoms with Crippen LogP contribution in [0.15, 0.2) is 36.4 Å². The molecule has 0 fully saturated rings. The zero-order valence-electron chi connectivity index (χ0n) is 24.4. The van der Waals surface area contributed by atoms with Crippen LogP contribution >= 0.6 is 0 Å². The minimum Gasteiger partial charge on any atom is -0.489 e. The van der Waals surface area contributed by atoms with Crippen molar-refractivity contribution in [2.75, 3.05) is 24.5 Å². The van der Waals surface area contributed by atoms with Gasteiger partial charge >= 0.3 is 18.4 Å². The molecule has 42 heavy (non-hydrogen) atoms. The SMILES string of the molecule is CC(C)Cc1ccc(COc2ccc3c(c2)CCN3C(=O)CN(CCC(=O)O)C(=O)OC(C)(C)C)cc1OC(F)(F)F. The molecule has 12 heteroatoms. The van der Waals surface area contributed by atoms with Crippen LogP contribution in [0, 0.1) is 5.92 Å². The van der Waals surface area contributed by atoms with Crippen molar-refractivity contribution >= 4 is 23.7 Å². The molecule has 9 nitrogen and oxygen atoms in total. The summed E-state index contributed by atoms with van der Waals surface area (Å²) in [4.78, 5) is 39.5. The molecule has 0 spiro atoms. The first-order chi connectivity index (χ1) is 19.5. The van der Waals surface area contributed by atoms with Crippen LogP contribution in [0.4, 0.5) is 23.7 Å². The summed E-state index contributed by atoms with van der Waals surface area (Å²) in [6.07, 6.45) is -4.97. The first kappa shape index (κ1) is 32.6. The average molecular weight is 595 g/mol. The number of aliphatic carboxylic acids is 1. The van der Waals surface area contributed by atoms with Crippen LogP contribution in [0.25, 0.3) is 0 Å². The molecule has 0 unspecified atom stereocenters. The van der Waals surface area contributed by atoms with E-state index in [1.165, 1.54) is 11.0 Å². The van der Waals surface area contributed by atoms with E-state index in [4.69, 9.17) is 14.6 Å². The van der Waals surface area contributed by atoms with Gasteiger partial charge in [0.1, 0.15) is 30.3 Å². The van der Waals surface area contributed by atoms with E-state index < -0.39 is 29.9 Å². The molecule has 1 N–H and O–H groups in total.